The Morgan fingerprint density at radius 3 is 2.58 bits per heavy atom. The number of fused-ring (bicyclic) bond motifs is 1. The van der Waals surface area contributed by atoms with Crippen molar-refractivity contribution in [3.63, 3.8) is 0 Å². The van der Waals surface area contributed by atoms with Gasteiger partial charge in [-0.25, -0.2) is 0 Å². The number of carbonyl (C=O) groups is 1. The minimum atomic E-state index is -0.856. The molecule has 0 aliphatic heterocycles. The molecular weight excluding hydrogens is 240 g/mol. The van der Waals surface area contributed by atoms with Crippen LogP contribution in [0.1, 0.15) is 52.4 Å². The molecular formula is C16H26O3. The molecule has 2 aliphatic rings. The minimum absolute atomic E-state index is 0.128. The molecule has 0 aromatic rings. The molecule has 108 valence electrons. The second-order valence-corrected chi connectivity index (χ2v) is 6.75. The molecule has 0 spiro atoms. The molecule has 3 nitrogen and oxygen atoms in total. The topological polar surface area (TPSA) is 46.5 Å². The molecule has 2 aliphatic carbocycles. The van der Waals surface area contributed by atoms with E-state index in [1.54, 1.807) is 6.08 Å². The number of hydrogen-bond donors (Lipinski definition) is 1. The smallest absolute Gasteiger partial charge is 0.311 e. The number of esters is 1. The van der Waals surface area contributed by atoms with Gasteiger partial charge in [-0.05, 0) is 44.9 Å². The van der Waals surface area contributed by atoms with Gasteiger partial charge in [0, 0.05) is 5.41 Å². The van der Waals surface area contributed by atoms with Crippen LogP contribution >= 0.6 is 0 Å². The standard InChI is InChI=1S/C16H26O3/c1-5-16(18)11-6-8-12-14(2,13(17)19-4)9-7-10-15(12,16)3/h5,12,18H,1,6-11H2,2-4H3/t12-,14-,15-,16?/m1/s1. The summed E-state index contributed by atoms with van der Waals surface area (Å²) in [6.07, 6.45) is 7.13. The number of aliphatic hydroxyl groups is 1. The van der Waals surface area contributed by atoms with Crippen LogP contribution in [0.25, 0.3) is 0 Å². The molecule has 1 N–H and O–H groups in total. The quantitative estimate of drug-likeness (QED) is 0.617. The summed E-state index contributed by atoms with van der Waals surface area (Å²) in [4.78, 5) is 12.3. The first kappa shape index (κ1) is 14.6. The van der Waals surface area contributed by atoms with Crippen molar-refractivity contribution < 1.29 is 14.6 Å². The van der Waals surface area contributed by atoms with Gasteiger partial charge in [-0.15, -0.1) is 6.58 Å². The maximum absolute atomic E-state index is 12.3. The van der Waals surface area contributed by atoms with E-state index in [0.29, 0.717) is 0 Å². The van der Waals surface area contributed by atoms with E-state index < -0.39 is 11.0 Å². The predicted molar refractivity (Wildman–Crippen MR) is 74.6 cm³/mol. The first-order chi connectivity index (χ1) is 8.84. The molecule has 2 fully saturated rings. The second-order valence-electron chi connectivity index (χ2n) is 6.75. The van der Waals surface area contributed by atoms with E-state index in [-0.39, 0.29) is 17.3 Å². The van der Waals surface area contributed by atoms with Crippen molar-refractivity contribution in [1.29, 1.82) is 0 Å². The number of carbonyl (C=O) groups excluding carboxylic acids is 1. The van der Waals surface area contributed by atoms with Crippen molar-refractivity contribution in [1.82, 2.24) is 0 Å². The van der Waals surface area contributed by atoms with E-state index >= 15 is 0 Å². The zero-order chi connectivity index (χ0) is 14.3. The lowest BCUT2D eigenvalue weighted by atomic mass is 9.46. The van der Waals surface area contributed by atoms with Gasteiger partial charge in [-0.3, -0.25) is 4.79 Å². The summed E-state index contributed by atoms with van der Waals surface area (Å²) in [6, 6.07) is 0. The largest absolute Gasteiger partial charge is 0.469 e. The summed E-state index contributed by atoms with van der Waals surface area (Å²) in [6.45, 7) is 7.97. The van der Waals surface area contributed by atoms with E-state index in [2.05, 4.69) is 13.5 Å². The Morgan fingerprint density at radius 2 is 2.00 bits per heavy atom. The summed E-state index contributed by atoms with van der Waals surface area (Å²) in [5.41, 5.74) is -1.60. The summed E-state index contributed by atoms with van der Waals surface area (Å²) in [5, 5.41) is 11.0. The fourth-order valence-corrected chi connectivity index (χ4v) is 4.70. The Labute approximate surface area is 116 Å². The molecule has 0 aromatic heterocycles. The molecule has 3 heteroatoms. The number of methoxy groups -OCH3 is 1. The first-order valence-electron chi connectivity index (χ1n) is 7.28. The van der Waals surface area contributed by atoms with Crippen molar-refractivity contribution in [3.8, 4) is 0 Å². The number of ether oxygens (including phenoxy) is 1. The summed E-state index contributed by atoms with van der Waals surface area (Å²) in [7, 11) is 1.46. The molecule has 0 bridgehead atoms. The Bertz CT molecular complexity index is 391. The summed E-state index contributed by atoms with van der Waals surface area (Å²) < 4.78 is 5.04. The average molecular weight is 266 g/mol. The SMILES string of the molecule is C=CC1(O)CCC[C@@H]2[C@](C)(C(=O)OC)CCC[C@]21C. The van der Waals surface area contributed by atoms with E-state index in [0.717, 1.165) is 38.5 Å². The molecule has 0 radical (unpaired) electrons. The van der Waals surface area contributed by atoms with Crippen molar-refractivity contribution in [3.05, 3.63) is 12.7 Å². The van der Waals surface area contributed by atoms with Crippen molar-refractivity contribution in [2.75, 3.05) is 7.11 Å². The average Bonchev–Trinajstić information content (AvgIpc) is 2.40. The van der Waals surface area contributed by atoms with Gasteiger partial charge in [0.05, 0.1) is 18.1 Å². The highest BCUT2D eigenvalue weighted by molar-refractivity contribution is 5.77. The first-order valence-corrected chi connectivity index (χ1v) is 7.28. The molecule has 0 amide bonds. The van der Waals surface area contributed by atoms with Crippen LogP contribution in [0.2, 0.25) is 0 Å². The zero-order valence-electron chi connectivity index (χ0n) is 12.4. The highest BCUT2D eigenvalue weighted by Gasteiger charge is 2.61. The van der Waals surface area contributed by atoms with Crippen LogP contribution < -0.4 is 0 Å². The van der Waals surface area contributed by atoms with Gasteiger partial charge in [0.1, 0.15) is 0 Å². The van der Waals surface area contributed by atoms with Crippen LogP contribution in [-0.4, -0.2) is 23.8 Å². The van der Waals surface area contributed by atoms with E-state index in [1.165, 1.54) is 7.11 Å². The van der Waals surface area contributed by atoms with Crippen molar-refractivity contribution >= 4 is 5.97 Å². The lowest BCUT2D eigenvalue weighted by Crippen LogP contribution is -2.60. The van der Waals surface area contributed by atoms with Crippen LogP contribution in [0, 0.1) is 16.7 Å². The zero-order valence-corrected chi connectivity index (χ0v) is 12.4. The fraction of sp³-hybridized carbons (Fsp3) is 0.812. The molecule has 1 unspecified atom stereocenters. The van der Waals surface area contributed by atoms with Gasteiger partial charge in [0.25, 0.3) is 0 Å². The highest BCUT2D eigenvalue weighted by atomic mass is 16.5. The Hall–Kier alpha value is -0.830. The Kier molecular flexibility index (Phi) is 3.54. The lowest BCUT2D eigenvalue weighted by molar-refractivity contribution is -0.187. The van der Waals surface area contributed by atoms with Gasteiger partial charge >= 0.3 is 5.97 Å². The van der Waals surface area contributed by atoms with Crippen molar-refractivity contribution in [2.24, 2.45) is 16.7 Å². The monoisotopic (exact) mass is 266 g/mol. The third kappa shape index (κ3) is 1.85. The Balaban J connectivity index is 2.45. The number of hydrogen-bond acceptors (Lipinski definition) is 3. The molecule has 0 saturated heterocycles. The maximum atomic E-state index is 12.3. The minimum Gasteiger partial charge on any atom is -0.469 e. The van der Waals surface area contributed by atoms with Crippen molar-refractivity contribution in [2.45, 2.75) is 58.0 Å². The summed E-state index contributed by atoms with van der Waals surface area (Å²) >= 11 is 0. The van der Waals surface area contributed by atoms with Crippen LogP contribution in [0.3, 0.4) is 0 Å². The van der Waals surface area contributed by atoms with Crippen LogP contribution in [-0.2, 0) is 9.53 Å². The normalized spacial score (nSPS) is 46.2. The molecule has 0 aromatic carbocycles. The van der Waals surface area contributed by atoms with E-state index in [1.807, 2.05) is 6.92 Å². The Morgan fingerprint density at radius 1 is 1.32 bits per heavy atom. The fourth-order valence-electron chi connectivity index (χ4n) is 4.70. The van der Waals surface area contributed by atoms with Gasteiger partial charge in [-0.2, -0.15) is 0 Å². The molecule has 2 rings (SSSR count). The highest BCUT2D eigenvalue weighted by Crippen LogP contribution is 2.61. The molecule has 19 heavy (non-hydrogen) atoms. The maximum Gasteiger partial charge on any atom is 0.311 e. The number of rotatable bonds is 2. The van der Waals surface area contributed by atoms with Crippen LogP contribution in [0.15, 0.2) is 12.7 Å². The van der Waals surface area contributed by atoms with Gasteiger partial charge in [0.2, 0.25) is 0 Å². The van der Waals surface area contributed by atoms with Gasteiger partial charge in [-0.1, -0.05) is 19.4 Å². The third-order valence-corrected chi connectivity index (χ3v) is 5.96. The van der Waals surface area contributed by atoms with Crippen LogP contribution in [0.5, 0.6) is 0 Å². The molecule has 0 heterocycles. The van der Waals surface area contributed by atoms with Crippen LogP contribution in [0.4, 0.5) is 0 Å². The van der Waals surface area contributed by atoms with Gasteiger partial charge in [0.15, 0.2) is 0 Å². The second kappa shape index (κ2) is 4.62. The third-order valence-electron chi connectivity index (χ3n) is 5.96. The molecule has 2 saturated carbocycles. The molecule has 4 atom stereocenters. The lowest BCUT2D eigenvalue weighted by Gasteiger charge is -2.59. The summed E-state index contributed by atoms with van der Waals surface area (Å²) in [5.74, 6) is 0.0367. The van der Waals surface area contributed by atoms with Gasteiger partial charge < -0.3 is 9.84 Å². The van der Waals surface area contributed by atoms with E-state index in [9.17, 15) is 9.90 Å². The predicted octanol–water partition coefficient (Wildman–Crippen LogP) is 3.07. The van der Waals surface area contributed by atoms with E-state index in [4.69, 9.17) is 4.74 Å².